The van der Waals surface area contributed by atoms with Gasteiger partial charge in [0.2, 0.25) is 0 Å². The smallest absolute Gasteiger partial charge is 0.335 e. The zero-order chi connectivity index (χ0) is 16.4. The molecule has 0 aliphatic heterocycles. The molecule has 0 aliphatic rings. The van der Waals surface area contributed by atoms with Crippen molar-refractivity contribution in [2.45, 2.75) is 39.7 Å². The van der Waals surface area contributed by atoms with E-state index in [1.54, 1.807) is 18.3 Å². The van der Waals surface area contributed by atoms with Crippen LogP contribution in [0, 0.1) is 5.92 Å². The van der Waals surface area contributed by atoms with Crippen LogP contribution >= 0.6 is 11.3 Å². The maximum atomic E-state index is 11.7. The molecule has 1 amide bonds. The quantitative estimate of drug-likeness (QED) is 0.670. The number of carbonyl (C=O) groups is 2. The molecule has 124 valence electrons. The Morgan fingerprint density at radius 1 is 1.32 bits per heavy atom. The molecule has 22 heavy (non-hydrogen) atoms. The van der Waals surface area contributed by atoms with Crippen molar-refractivity contribution >= 4 is 23.2 Å². The second kappa shape index (κ2) is 10.3. The number of hydrogen-bond donors (Lipinski definition) is 1. The molecule has 0 bridgehead atoms. The first kappa shape index (κ1) is 18.6. The first-order valence-electron chi connectivity index (χ1n) is 7.55. The van der Waals surface area contributed by atoms with Crippen LogP contribution in [0.15, 0.2) is 16.8 Å². The number of thiophene rings is 1. The zero-order valence-corrected chi connectivity index (χ0v) is 14.3. The normalized spacial score (nSPS) is 12.2. The van der Waals surface area contributed by atoms with Gasteiger partial charge < -0.3 is 14.8 Å². The molecule has 5 nitrogen and oxygen atoms in total. The Balaban J connectivity index is 2.10. The number of esters is 1. The maximum Gasteiger partial charge on any atom is 0.335 e. The lowest BCUT2D eigenvalue weighted by molar-refractivity contribution is -0.159. The fourth-order valence-electron chi connectivity index (χ4n) is 1.63. The molecular formula is C16H25NO4S. The van der Waals surface area contributed by atoms with Gasteiger partial charge in [0.25, 0.3) is 5.91 Å². The highest BCUT2D eigenvalue weighted by Gasteiger charge is 2.16. The van der Waals surface area contributed by atoms with E-state index >= 15 is 0 Å². The molecule has 1 atom stereocenters. The molecule has 0 saturated heterocycles. The van der Waals surface area contributed by atoms with E-state index in [1.165, 1.54) is 5.56 Å². The molecular weight excluding hydrogens is 302 g/mol. The van der Waals surface area contributed by atoms with Crippen LogP contribution in [0.2, 0.25) is 0 Å². The van der Waals surface area contributed by atoms with Gasteiger partial charge in [-0.25, -0.2) is 4.79 Å². The highest BCUT2D eigenvalue weighted by Crippen LogP contribution is 2.05. The first-order valence-corrected chi connectivity index (χ1v) is 8.49. The summed E-state index contributed by atoms with van der Waals surface area (Å²) in [4.78, 5) is 23.2. The molecule has 0 spiro atoms. The van der Waals surface area contributed by atoms with E-state index in [-0.39, 0.29) is 12.5 Å². The van der Waals surface area contributed by atoms with E-state index in [0.29, 0.717) is 19.1 Å². The van der Waals surface area contributed by atoms with E-state index < -0.39 is 12.1 Å². The van der Waals surface area contributed by atoms with Crippen molar-refractivity contribution in [3.63, 3.8) is 0 Å². The molecule has 0 fully saturated rings. The largest absolute Gasteiger partial charge is 0.454 e. The van der Waals surface area contributed by atoms with Gasteiger partial charge in [0.1, 0.15) is 0 Å². The van der Waals surface area contributed by atoms with E-state index in [2.05, 4.69) is 19.2 Å². The standard InChI is InChI=1S/C16H25NO4S/c1-12(2)5-8-20-13(3)16(19)21-10-15(18)17-7-4-14-6-9-22-11-14/h6,9,11-13H,4-5,7-8,10H2,1-3H3,(H,17,18). The van der Waals surface area contributed by atoms with Gasteiger partial charge in [-0.15, -0.1) is 0 Å². The van der Waals surface area contributed by atoms with Crippen molar-refractivity contribution in [2.24, 2.45) is 5.92 Å². The predicted molar refractivity (Wildman–Crippen MR) is 86.9 cm³/mol. The van der Waals surface area contributed by atoms with Crippen molar-refractivity contribution in [3.05, 3.63) is 22.4 Å². The van der Waals surface area contributed by atoms with Gasteiger partial charge >= 0.3 is 5.97 Å². The van der Waals surface area contributed by atoms with Gasteiger partial charge in [0, 0.05) is 13.2 Å². The van der Waals surface area contributed by atoms with Crippen LogP contribution in [0.25, 0.3) is 0 Å². The molecule has 6 heteroatoms. The van der Waals surface area contributed by atoms with Crippen molar-refractivity contribution < 1.29 is 19.1 Å². The molecule has 0 aromatic carbocycles. The third-order valence-electron chi connectivity index (χ3n) is 3.06. The summed E-state index contributed by atoms with van der Waals surface area (Å²) in [6.45, 7) is 6.60. The van der Waals surface area contributed by atoms with Crippen molar-refractivity contribution in [2.75, 3.05) is 19.8 Å². The van der Waals surface area contributed by atoms with E-state index in [1.807, 2.05) is 16.8 Å². The fraction of sp³-hybridized carbons (Fsp3) is 0.625. The SMILES string of the molecule is CC(C)CCOC(C)C(=O)OCC(=O)NCCc1ccsc1. The average Bonchev–Trinajstić information content (AvgIpc) is 2.97. The Morgan fingerprint density at radius 2 is 2.09 bits per heavy atom. The monoisotopic (exact) mass is 327 g/mol. The molecule has 1 N–H and O–H groups in total. The summed E-state index contributed by atoms with van der Waals surface area (Å²) >= 11 is 1.63. The molecule has 1 heterocycles. The van der Waals surface area contributed by atoms with Crippen LogP contribution in [0.1, 0.15) is 32.8 Å². The maximum absolute atomic E-state index is 11.7. The molecule has 1 aromatic rings. The van der Waals surface area contributed by atoms with Crippen molar-refractivity contribution in [1.82, 2.24) is 5.32 Å². The predicted octanol–water partition coefficient (Wildman–Crippen LogP) is 2.40. The molecule has 0 saturated carbocycles. The summed E-state index contributed by atoms with van der Waals surface area (Å²) in [5.41, 5.74) is 1.19. The zero-order valence-electron chi connectivity index (χ0n) is 13.5. The molecule has 1 aromatic heterocycles. The fourth-order valence-corrected chi connectivity index (χ4v) is 2.34. The van der Waals surface area contributed by atoms with Gasteiger partial charge in [-0.2, -0.15) is 11.3 Å². The minimum atomic E-state index is -0.641. The van der Waals surface area contributed by atoms with Crippen LogP contribution < -0.4 is 5.32 Å². The van der Waals surface area contributed by atoms with Gasteiger partial charge in [0.15, 0.2) is 12.7 Å². The van der Waals surface area contributed by atoms with Crippen LogP contribution in [0.4, 0.5) is 0 Å². The van der Waals surface area contributed by atoms with E-state index in [0.717, 1.165) is 12.8 Å². The lowest BCUT2D eigenvalue weighted by atomic mass is 10.1. The van der Waals surface area contributed by atoms with E-state index in [4.69, 9.17) is 9.47 Å². The third kappa shape index (κ3) is 8.14. The minimum Gasteiger partial charge on any atom is -0.454 e. The summed E-state index contributed by atoms with van der Waals surface area (Å²) in [6.07, 6.45) is 1.02. The number of nitrogens with one attached hydrogen (secondary N) is 1. The minimum absolute atomic E-state index is 0.264. The number of amides is 1. The summed E-state index contributed by atoms with van der Waals surface area (Å²) in [5.74, 6) is -0.271. The Kier molecular flexibility index (Phi) is 8.77. The number of rotatable bonds is 10. The van der Waals surface area contributed by atoms with Gasteiger partial charge in [-0.1, -0.05) is 13.8 Å². The Labute approximate surface area is 136 Å². The Bertz CT molecular complexity index is 445. The number of carbonyl (C=O) groups excluding carboxylic acids is 2. The lowest BCUT2D eigenvalue weighted by Crippen LogP contribution is -2.33. The summed E-state index contributed by atoms with van der Waals surface area (Å²) < 4.78 is 10.3. The summed E-state index contributed by atoms with van der Waals surface area (Å²) in [5, 5.41) is 6.76. The number of hydrogen-bond acceptors (Lipinski definition) is 5. The highest BCUT2D eigenvalue weighted by atomic mass is 32.1. The molecule has 0 radical (unpaired) electrons. The number of ether oxygens (including phenoxy) is 2. The third-order valence-corrected chi connectivity index (χ3v) is 3.79. The van der Waals surface area contributed by atoms with Crippen LogP contribution in [-0.4, -0.2) is 37.7 Å². The first-order chi connectivity index (χ1) is 10.5. The van der Waals surface area contributed by atoms with Crippen molar-refractivity contribution in [1.29, 1.82) is 0 Å². The molecule has 1 rings (SSSR count). The highest BCUT2D eigenvalue weighted by molar-refractivity contribution is 7.07. The lowest BCUT2D eigenvalue weighted by Gasteiger charge is -2.13. The van der Waals surface area contributed by atoms with Gasteiger partial charge in [-0.3, -0.25) is 4.79 Å². The summed E-state index contributed by atoms with van der Waals surface area (Å²) in [6, 6.07) is 2.02. The summed E-state index contributed by atoms with van der Waals surface area (Å²) in [7, 11) is 0. The Hall–Kier alpha value is -1.40. The van der Waals surface area contributed by atoms with E-state index in [9.17, 15) is 9.59 Å². The van der Waals surface area contributed by atoms with Crippen molar-refractivity contribution in [3.8, 4) is 0 Å². The second-order valence-corrected chi connectivity index (χ2v) is 6.31. The van der Waals surface area contributed by atoms with Crippen LogP contribution in [-0.2, 0) is 25.5 Å². The van der Waals surface area contributed by atoms with Crippen LogP contribution in [0.3, 0.4) is 0 Å². The van der Waals surface area contributed by atoms with Gasteiger partial charge in [0.05, 0.1) is 0 Å². The van der Waals surface area contributed by atoms with Crippen LogP contribution in [0.5, 0.6) is 0 Å². The van der Waals surface area contributed by atoms with Gasteiger partial charge in [-0.05, 0) is 48.1 Å². The second-order valence-electron chi connectivity index (χ2n) is 5.53. The average molecular weight is 327 g/mol. The molecule has 1 unspecified atom stereocenters. The molecule has 0 aliphatic carbocycles. The Morgan fingerprint density at radius 3 is 2.73 bits per heavy atom. The topological polar surface area (TPSA) is 64.6 Å².